The summed E-state index contributed by atoms with van der Waals surface area (Å²) < 4.78 is 0. The standard InChI is InChI=1S/C20H43N3O/c1-15(2)22-18(6,7)14-20(10,11)23(16(3)24)19(8,9)13-17(4,5)21-12/h15,21-22H,13-14H2,1-12H3. The molecular formula is C20H43N3O. The molecule has 0 atom stereocenters. The number of rotatable bonds is 9. The van der Waals surface area contributed by atoms with Crippen molar-refractivity contribution in [3.8, 4) is 0 Å². The van der Waals surface area contributed by atoms with Crippen molar-refractivity contribution in [3.63, 3.8) is 0 Å². The minimum atomic E-state index is -0.245. The topological polar surface area (TPSA) is 44.4 Å². The minimum Gasteiger partial charge on any atom is -0.333 e. The van der Waals surface area contributed by atoms with Gasteiger partial charge in [-0.05, 0) is 75.3 Å². The summed E-state index contributed by atoms with van der Waals surface area (Å²) in [5.41, 5.74) is -0.556. The summed E-state index contributed by atoms with van der Waals surface area (Å²) in [4.78, 5) is 14.7. The first kappa shape index (κ1) is 23.4. The van der Waals surface area contributed by atoms with E-state index in [4.69, 9.17) is 0 Å². The van der Waals surface area contributed by atoms with Crippen LogP contribution in [0.1, 0.15) is 89.0 Å². The second-order valence-electron chi connectivity index (χ2n) is 10.1. The molecule has 0 aromatic heterocycles. The van der Waals surface area contributed by atoms with Gasteiger partial charge in [-0.25, -0.2) is 0 Å². The monoisotopic (exact) mass is 341 g/mol. The maximum absolute atomic E-state index is 12.6. The lowest BCUT2D eigenvalue weighted by atomic mass is 9.78. The molecule has 0 bridgehead atoms. The SMILES string of the molecule is CNC(C)(C)CC(C)(C)N(C(C)=O)C(C)(C)CC(C)(C)NC(C)C. The van der Waals surface area contributed by atoms with Gasteiger partial charge in [0.05, 0.1) is 0 Å². The predicted molar refractivity (Wildman–Crippen MR) is 105 cm³/mol. The van der Waals surface area contributed by atoms with Crippen LogP contribution in [0.4, 0.5) is 0 Å². The van der Waals surface area contributed by atoms with E-state index in [0.717, 1.165) is 12.8 Å². The van der Waals surface area contributed by atoms with E-state index in [-0.39, 0.29) is 28.1 Å². The van der Waals surface area contributed by atoms with Crippen molar-refractivity contribution in [2.45, 2.75) is 117 Å². The Morgan fingerprint density at radius 2 is 1.25 bits per heavy atom. The van der Waals surface area contributed by atoms with Crippen LogP contribution in [0.2, 0.25) is 0 Å². The van der Waals surface area contributed by atoms with Gasteiger partial charge < -0.3 is 15.5 Å². The van der Waals surface area contributed by atoms with Crippen molar-refractivity contribution < 1.29 is 4.79 Å². The predicted octanol–water partition coefficient (Wildman–Crippen LogP) is 3.95. The highest BCUT2D eigenvalue weighted by Crippen LogP contribution is 2.36. The molecule has 0 spiro atoms. The van der Waals surface area contributed by atoms with Gasteiger partial charge in [0.2, 0.25) is 5.91 Å². The van der Waals surface area contributed by atoms with E-state index in [1.165, 1.54) is 0 Å². The molecule has 4 heteroatoms. The zero-order chi connectivity index (χ0) is 19.6. The van der Waals surface area contributed by atoms with Gasteiger partial charge in [-0.3, -0.25) is 4.79 Å². The van der Waals surface area contributed by atoms with Crippen molar-refractivity contribution in [2.75, 3.05) is 7.05 Å². The molecule has 1 amide bonds. The maximum atomic E-state index is 12.6. The number of nitrogens with zero attached hydrogens (tertiary/aromatic N) is 1. The zero-order valence-corrected chi connectivity index (χ0v) is 18.3. The molecule has 144 valence electrons. The van der Waals surface area contributed by atoms with Crippen LogP contribution in [-0.4, -0.2) is 46.1 Å². The van der Waals surface area contributed by atoms with Crippen molar-refractivity contribution in [1.82, 2.24) is 15.5 Å². The number of carbonyl (C=O) groups is 1. The third-order valence-electron chi connectivity index (χ3n) is 4.63. The van der Waals surface area contributed by atoms with Crippen molar-refractivity contribution in [3.05, 3.63) is 0 Å². The van der Waals surface area contributed by atoms with Crippen molar-refractivity contribution in [1.29, 1.82) is 0 Å². The number of carbonyl (C=O) groups excluding carboxylic acids is 1. The summed E-state index contributed by atoms with van der Waals surface area (Å²) in [6.45, 7) is 23.6. The Labute approximate surface area is 151 Å². The second-order valence-corrected chi connectivity index (χ2v) is 10.1. The fourth-order valence-electron chi connectivity index (χ4n) is 4.91. The van der Waals surface area contributed by atoms with Crippen molar-refractivity contribution >= 4 is 5.91 Å². The van der Waals surface area contributed by atoms with Crippen LogP contribution in [0.3, 0.4) is 0 Å². The molecule has 0 radical (unpaired) electrons. The molecule has 0 aliphatic rings. The fraction of sp³-hybridized carbons (Fsp3) is 0.950. The molecule has 0 aromatic rings. The number of amides is 1. The van der Waals surface area contributed by atoms with Gasteiger partial charge in [0.15, 0.2) is 0 Å². The normalized spacial score (nSPS) is 14.2. The van der Waals surface area contributed by atoms with E-state index < -0.39 is 0 Å². The Bertz CT molecular complexity index is 423. The maximum Gasteiger partial charge on any atom is 0.220 e. The molecule has 0 unspecified atom stereocenters. The molecule has 4 nitrogen and oxygen atoms in total. The smallest absolute Gasteiger partial charge is 0.220 e. The van der Waals surface area contributed by atoms with E-state index in [1.807, 2.05) is 7.05 Å². The Morgan fingerprint density at radius 1 is 0.875 bits per heavy atom. The highest BCUT2D eigenvalue weighted by atomic mass is 16.2. The van der Waals surface area contributed by atoms with E-state index in [0.29, 0.717) is 6.04 Å². The Hall–Kier alpha value is -0.610. The minimum absolute atomic E-state index is 0.0288. The Balaban J connectivity index is 5.60. The summed E-state index contributed by atoms with van der Waals surface area (Å²) in [6, 6.07) is 0.415. The van der Waals surface area contributed by atoms with Gasteiger partial charge in [-0.2, -0.15) is 0 Å². The summed E-state index contributed by atoms with van der Waals surface area (Å²) in [5.74, 6) is 0.136. The second kappa shape index (κ2) is 7.74. The largest absolute Gasteiger partial charge is 0.333 e. The summed E-state index contributed by atoms with van der Waals surface area (Å²) >= 11 is 0. The van der Waals surface area contributed by atoms with E-state index >= 15 is 0 Å². The van der Waals surface area contributed by atoms with E-state index in [2.05, 4.69) is 84.8 Å². The fourth-order valence-corrected chi connectivity index (χ4v) is 4.91. The third kappa shape index (κ3) is 7.10. The van der Waals surface area contributed by atoms with Crippen LogP contribution in [0.15, 0.2) is 0 Å². The lowest BCUT2D eigenvalue weighted by molar-refractivity contribution is -0.144. The highest BCUT2D eigenvalue weighted by molar-refractivity contribution is 5.75. The van der Waals surface area contributed by atoms with Crippen LogP contribution >= 0.6 is 0 Å². The molecule has 0 aliphatic carbocycles. The van der Waals surface area contributed by atoms with E-state index in [9.17, 15) is 4.79 Å². The van der Waals surface area contributed by atoms with Crippen LogP contribution < -0.4 is 10.6 Å². The molecule has 24 heavy (non-hydrogen) atoms. The van der Waals surface area contributed by atoms with Gasteiger partial charge in [0.1, 0.15) is 0 Å². The van der Waals surface area contributed by atoms with Gasteiger partial charge >= 0.3 is 0 Å². The molecule has 0 rings (SSSR count). The van der Waals surface area contributed by atoms with Crippen LogP contribution in [0.25, 0.3) is 0 Å². The highest BCUT2D eigenvalue weighted by Gasteiger charge is 2.44. The Kier molecular flexibility index (Phi) is 7.54. The summed E-state index contributed by atoms with van der Waals surface area (Å²) in [7, 11) is 1.98. The molecule has 0 heterocycles. The lowest BCUT2D eigenvalue weighted by Crippen LogP contribution is -2.63. The van der Waals surface area contributed by atoms with Gasteiger partial charge in [0, 0.05) is 35.1 Å². The number of hydrogen-bond acceptors (Lipinski definition) is 3. The first-order chi connectivity index (χ1) is 10.5. The molecular weight excluding hydrogens is 298 g/mol. The summed E-state index contributed by atoms with van der Waals surface area (Å²) in [5, 5.41) is 7.00. The zero-order valence-electron chi connectivity index (χ0n) is 18.3. The van der Waals surface area contributed by atoms with Gasteiger partial charge in [0.25, 0.3) is 0 Å². The molecule has 0 aromatic carbocycles. The van der Waals surface area contributed by atoms with Gasteiger partial charge in [-0.15, -0.1) is 0 Å². The lowest BCUT2D eigenvalue weighted by Gasteiger charge is -2.53. The average Bonchev–Trinajstić information content (AvgIpc) is 2.20. The summed E-state index contributed by atoms with van der Waals surface area (Å²) in [6.07, 6.45) is 1.78. The third-order valence-corrected chi connectivity index (χ3v) is 4.63. The molecule has 0 aliphatic heterocycles. The van der Waals surface area contributed by atoms with Crippen LogP contribution in [0, 0.1) is 0 Å². The molecule has 0 saturated carbocycles. The Morgan fingerprint density at radius 3 is 1.54 bits per heavy atom. The quantitative estimate of drug-likeness (QED) is 0.667. The molecule has 0 fully saturated rings. The molecule has 0 saturated heterocycles. The first-order valence-corrected chi connectivity index (χ1v) is 9.23. The van der Waals surface area contributed by atoms with Crippen LogP contribution in [0.5, 0.6) is 0 Å². The van der Waals surface area contributed by atoms with E-state index in [1.54, 1.807) is 6.92 Å². The number of hydrogen-bond donors (Lipinski definition) is 2. The van der Waals surface area contributed by atoms with Crippen LogP contribution in [-0.2, 0) is 4.79 Å². The molecule has 2 N–H and O–H groups in total. The average molecular weight is 342 g/mol. The van der Waals surface area contributed by atoms with Crippen molar-refractivity contribution in [2.24, 2.45) is 0 Å². The first-order valence-electron chi connectivity index (χ1n) is 9.23. The van der Waals surface area contributed by atoms with Gasteiger partial charge in [-0.1, -0.05) is 13.8 Å². The number of nitrogens with one attached hydrogen (secondary N) is 2.